The Labute approximate surface area is 115 Å². The minimum Gasteiger partial charge on any atom is -0.495 e. The Kier molecular flexibility index (Phi) is 5.81. The summed E-state index contributed by atoms with van der Waals surface area (Å²) in [4.78, 5) is 4.44. The van der Waals surface area contributed by atoms with Gasteiger partial charge in [-0.1, -0.05) is 50.3 Å². The monoisotopic (exact) mass is 256 g/mol. The van der Waals surface area contributed by atoms with Crippen LogP contribution in [0.4, 0.5) is 0 Å². The number of aliphatic imine (C=N–C) groups is 1. The molecule has 100 valence electrons. The minimum atomic E-state index is -0.986. The van der Waals surface area contributed by atoms with Crippen molar-refractivity contribution in [1.82, 2.24) is 0 Å². The summed E-state index contributed by atoms with van der Waals surface area (Å²) in [6, 6.07) is 12.0. The molecule has 0 amide bonds. The first-order chi connectivity index (χ1) is 9.18. The van der Waals surface area contributed by atoms with Gasteiger partial charge in [0.05, 0.1) is 6.61 Å². The van der Waals surface area contributed by atoms with Crippen molar-refractivity contribution in [3.63, 3.8) is 0 Å². The number of rotatable bonds is 7. The first kappa shape index (κ1) is 15.0. The Hall–Kier alpha value is -2.08. The summed E-state index contributed by atoms with van der Waals surface area (Å²) >= 11 is 0. The fourth-order valence-corrected chi connectivity index (χ4v) is 1.80. The number of nitriles is 1. The molecule has 1 unspecified atom stereocenters. The standard InChI is InChI=1S/C16H20N2O/c1-4-11-16(13-17,14(3)19-5-2)18-12-15-9-7-6-8-10-15/h6-10,12H,3-5,11H2,1-2H3. The van der Waals surface area contributed by atoms with E-state index in [4.69, 9.17) is 4.74 Å². The van der Waals surface area contributed by atoms with E-state index in [9.17, 15) is 5.26 Å². The van der Waals surface area contributed by atoms with E-state index in [1.165, 1.54) is 0 Å². The molecule has 3 nitrogen and oxygen atoms in total. The number of benzene rings is 1. The molecule has 0 spiro atoms. The molecular weight excluding hydrogens is 236 g/mol. The van der Waals surface area contributed by atoms with Crippen LogP contribution in [-0.2, 0) is 4.74 Å². The number of nitrogens with zero attached hydrogens (tertiary/aromatic N) is 2. The molecule has 1 rings (SSSR count). The fourth-order valence-electron chi connectivity index (χ4n) is 1.80. The smallest absolute Gasteiger partial charge is 0.202 e. The molecule has 19 heavy (non-hydrogen) atoms. The number of ether oxygens (including phenoxy) is 1. The quantitative estimate of drug-likeness (QED) is 0.551. The number of hydrogen-bond acceptors (Lipinski definition) is 3. The van der Waals surface area contributed by atoms with E-state index in [0.29, 0.717) is 18.8 Å². The van der Waals surface area contributed by atoms with Crippen LogP contribution >= 0.6 is 0 Å². The minimum absolute atomic E-state index is 0.423. The van der Waals surface area contributed by atoms with Crippen LogP contribution in [0.5, 0.6) is 0 Å². The summed E-state index contributed by atoms with van der Waals surface area (Å²) in [7, 11) is 0. The third-order valence-electron chi connectivity index (χ3n) is 2.81. The molecule has 0 saturated carbocycles. The molecule has 0 saturated heterocycles. The predicted octanol–water partition coefficient (Wildman–Crippen LogP) is 3.72. The van der Waals surface area contributed by atoms with Crippen LogP contribution in [-0.4, -0.2) is 18.4 Å². The Morgan fingerprint density at radius 2 is 2.11 bits per heavy atom. The van der Waals surface area contributed by atoms with Gasteiger partial charge in [0.15, 0.2) is 0 Å². The highest BCUT2D eigenvalue weighted by Gasteiger charge is 2.33. The molecule has 0 aliphatic carbocycles. The zero-order valence-electron chi connectivity index (χ0n) is 11.6. The van der Waals surface area contributed by atoms with E-state index in [-0.39, 0.29) is 0 Å². The summed E-state index contributed by atoms with van der Waals surface area (Å²) in [5, 5.41) is 9.48. The van der Waals surface area contributed by atoms with Crippen molar-refractivity contribution in [3.05, 3.63) is 48.2 Å². The van der Waals surface area contributed by atoms with Crippen LogP contribution in [0.15, 0.2) is 47.7 Å². The van der Waals surface area contributed by atoms with E-state index in [1.807, 2.05) is 44.2 Å². The van der Waals surface area contributed by atoms with Crippen LogP contribution in [0.25, 0.3) is 0 Å². The Bertz CT molecular complexity index is 473. The summed E-state index contributed by atoms with van der Waals surface area (Å²) in [5.41, 5.74) is -0.0248. The second-order valence-corrected chi connectivity index (χ2v) is 4.25. The highest BCUT2D eigenvalue weighted by atomic mass is 16.5. The summed E-state index contributed by atoms with van der Waals surface area (Å²) in [5.74, 6) is 0.423. The Morgan fingerprint density at radius 3 is 2.63 bits per heavy atom. The van der Waals surface area contributed by atoms with E-state index < -0.39 is 5.54 Å². The maximum atomic E-state index is 9.48. The van der Waals surface area contributed by atoms with Crippen LogP contribution in [0.2, 0.25) is 0 Å². The lowest BCUT2D eigenvalue weighted by Gasteiger charge is -2.23. The molecule has 0 radical (unpaired) electrons. The van der Waals surface area contributed by atoms with Crippen molar-refractivity contribution in [2.24, 2.45) is 4.99 Å². The van der Waals surface area contributed by atoms with Crippen molar-refractivity contribution in [1.29, 1.82) is 5.26 Å². The van der Waals surface area contributed by atoms with Gasteiger partial charge in [-0.2, -0.15) is 5.26 Å². The molecule has 0 N–H and O–H groups in total. The van der Waals surface area contributed by atoms with Crippen LogP contribution in [0.3, 0.4) is 0 Å². The van der Waals surface area contributed by atoms with Crippen LogP contribution in [0, 0.1) is 11.3 Å². The van der Waals surface area contributed by atoms with E-state index >= 15 is 0 Å². The van der Waals surface area contributed by atoms with Crippen molar-refractivity contribution in [2.75, 3.05) is 6.61 Å². The molecule has 0 fully saturated rings. The third kappa shape index (κ3) is 3.96. The van der Waals surface area contributed by atoms with Crippen molar-refractivity contribution in [2.45, 2.75) is 32.2 Å². The van der Waals surface area contributed by atoms with Gasteiger partial charge >= 0.3 is 0 Å². The first-order valence-electron chi connectivity index (χ1n) is 6.52. The lowest BCUT2D eigenvalue weighted by molar-refractivity contribution is 0.191. The van der Waals surface area contributed by atoms with Gasteiger partial charge in [0.25, 0.3) is 0 Å². The van der Waals surface area contributed by atoms with Gasteiger partial charge in [0.2, 0.25) is 5.54 Å². The van der Waals surface area contributed by atoms with Crippen molar-refractivity contribution < 1.29 is 4.74 Å². The largest absolute Gasteiger partial charge is 0.495 e. The molecule has 3 heteroatoms. The second-order valence-electron chi connectivity index (χ2n) is 4.25. The van der Waals surface area contributed by atoms with Gasteiger partial charge in [0.1, 0.15) is 11.8 Å². The number of hydrogen-bond donors (Lipinski definition) is 0. The lowest BCUT2D eigenvalue weighted by Crippen LogP contribution is -2.28. The van der Waals surface area contributed by atoms with Gasteiger partial charge in [-0.15, -0.1) is 0 Å². The van der Waals surface area contributed by atoms with Gasteiger partial charge in [-0.3, -0.25) is 4.99 Å². The maximum Gasteiger partial charge on any atom is 0.202 e. The Balaban J connectivity index is 3.01. The third-order valence-corrected chi connectivity index (χ3v) is 2.81. The first-order valence-corrected chi connectivity index (χ1v) is 6.52. The normalized spacial score (nSPS) is 13.7. The summed E-state index contributed by atoms with van der Waals surface area (Å²) in [6.07, 6.45) is 3.15. The molecule has 0 aliphatic rings. The molecule has 0 aromatic heterocycles. The highest BCUT2D eigenvalue weighted by molar-refractivity contribution is 5.80. The SMILES string of the molecule is C=C(OCC)C(C#N)(CCC)N=Cc1ccccc1. The molecule has 1 aromatic carbocycles. The van der Waals surface area contributed by atoms with Crippen molar-refractivity contribution in [3.8, 4) is 6.07 Å². The second kappa shape index (κ2) is 7.38. The average Bonchev–Trinajstić information content (AvgIpc) is 2.45. The topological polar surface area (TPSA) is 45.4 Å². The average molecular weight is 256 g/mol. The van der Waals surface area contributed by atoms with Gasteiger partial charge in [0, 0.05) is 6.21 Å². The zero-order chi connectivity index (χ0) is 14.1. The zero-order valence-corrected chi connectivity index (χ0v) is 11.6. The van der Waals surface area contributed by atoms with E-state index in [0.717, 1.165) is 12.0 Å². The van der Waals surface area contributed by atoms with Gasteiger partial charge < -0.3 is 4.74 Å². The van der Waals surface area contributed by atoms with E-state index in [2.05, 4.69) is 17.6 Å². The van der Waals surface area contributed by atoms with Gasteiger partial charge in [-0.25, -0.2) is 0 Å². The molecule has 0 bridgehead atoms. The van der Waals surface area contributed by atoms with Crippen LogP contribution in [0.1, 0.15) is 32.3 Å². The van der Waals surface area contributed by atoms with Crippen LogP contribution < -0.4 is 0 Å². The molecule has 1 atom stereocenters. The predicted molar refractivity (Wildman–Crippen MR) is 78.1 cm³/mol. The van der Waals surface area contributed by atoms with E-state index in [1.54, 1.807) is 6.21 Å². The summed E-state index contributed by atoms with van der Waals surface area (Å²) < 4.78 is 5.41. The molecular formula is C16H20N2O. The highest BCUT2D eigenvalue weighted by Crippen LogP contribution is 2.26. The fraction of sp³-hybridized carbons (Fsp3) is 0.375. The van der Waals surface area contributed by atoms with Crippen molar-refractivity contribution >= 4 is 6.21 Å². The lowest BCUT2D eigenvalue weighted by atomic mass is 9.94. The molecule has 1 aromatic rings. The maximum absolute atomic E-state index is 9.48. The van der Waals surface area contributed by atoms with Gasteiger partial charge in [-0.05, 0) is 18.9 Å². The Morgan fingerprint density at radius 1 is 1.42 bits per heavy atom. The molecule has 0 aliphatic heterocycles. The molecule has 0 heterocycles. The summed E-state index contributed by atoms with van der Waals surface area (Å²) in [6.45, 7) is 8.25.